The Labute approximate surface area is 84.2 Å². The van der Waals surface area contributed by atoms with Crippen molar-refractivity contribution in [3.63, 3.8) is 0 Å². The minimum absolute atomic E-state index is 1.38. The molecule has 1 aromatic rings. The zero-order valence-corrected chi connectivity index (χ0v) is 9.17. The van der Waals surface area contributed by atoms with Crippen molar-refractivity contribution >= 4 is 10.4 Å². The lowest BCUT2D eigenvalue weighted by molar-refractivity contribution is 0.381. The molecule has 0 saturated carbocycles. The number of aryl methyl sites for hydroxylation is 2. The van der Waals surface area contributed by atoms with Crippen molar-refractivity contribution in [1.82, 2.24) is 0 Å². The van der Waals surface area contributed by atoms with Gasteiger partial charge < -0.3 is 0 Å². The molecule has 0 heterocycles. The normalized spacial score (nSPS) is 10.4. The zero-order valence-electron chi connectivity index (χ0n) is 8.35. The fraction of sp³-hybridized carbons (Fsp3) is 0.333. The van der Waals surface area contributed by atoms with Gasteiger partial charge in [0.05, 0.1) is 0 Å². The molecular formula is C9H14O4S. The number of hydrogen-bond acceptors (Lipinski definition) is 2. The van der Waals surface area contributed by atoms with Crippen LogP contribution in [0, 0.1) is 20.8 Å². The van der Waals surface area contributed by atoms with Crippen LogP contribution in [-0.2, 0) is 10.4 Å². The Kier molecular flexibility index (Phi) is 4.76. The molecule has 0 bridgehead atoms. The summed E-state index contributed by atoms with van der Waals surface area (Å²) in [5, 5.41) is 0. The predicted molar refractivity (Wildman–Crippen MR) is 54.8 cm³/mol. The van der Waals surface area contributed by atoms with Crippen LogP contribution in [-0.4, -0.2) is 17.5 Å². The van der Waals surface area contributed by atoms with E-state index in [-0.39, 0.29) is 0 Å². The second-order valence-corrected chi connectivity index (χ2v) is 3.86. The van der Waals surface area contributed by atoms with Crippen LogP contribution in [0.25, 0.3) is 0 Å². The van der Waals surface area contributed by atoms with Gasteiger partial charge in [-0.3, -0.25) is 9.11 Å². The van der Waals surface area contributed by atoms with Crippen LogP contribution in [0.15, 0.2) is 18.2 Å². The van der Waals surface area contributed by atoms with Gasteiger partial charge in [-0.25, -0.2) is 0 Å². The van der Waals surface area contributed by atoms with Gasteiger partial charge in [-0.15, -0.1) is 0 Å². The first-order valence-corrected chi connectivity index (χ1v) is 5.34. The highest BCUT2D eigenvalue weighted by Gasteiger charge is 1.91. The van der Waals surface area contributed by atoms with Crippen LogP contribution >= 0.6 is 0 Å². The molecule has 14 heavy (non-hydrogen) atoms. The zero-order chi connectivity index (χ0) is 11.4. The van der Waals surface area contributed by atoms with Gasteiger partial charge in [0.25, 0.3) is 0 Å². The topological polar surface area (TPSA) is 74.6 Å². The minimum atomic E-state index is -4.67. The summed E-state index contributed by atoms with van der Waals surface area (Å²) in [6, 6.07) is 6.38. The van der Waals surface area contributed by atoms with Gasteiger partial charge in [-0.2, -0.15) is 8.42 Å². The Balaban J connectivity index is 0.000000292. The third-order valence-corrected chi connectivity index (χ3v) is 1.88. The summed E-state index contributed by atoms with van der Waals surface area (Å²) in [7, 11) is -4.67. The van der Waals surface area contributed by atoms with E-state index in [0.29, 0.717) is 0 Å². The van der Waals surface area contributed by atoms with E-state index in [2.05, 4.69) is 39.0 Å². The van der Waals surface area contributed by atoms with Gasteiger partial charge >= 0.3 is 10.4 Å². The summed E-state index contributed by atoms with van der Waals surface area (Å²) in [6.07, 6.45) is 0. The molecule has 0 aliphatic heterocycles. The molecule has 0 amide bonds. The van der Waals surface area contributed by atoms with Crippen molar-refractivity contribution < 1.29 is 17.5 Å². The third kappa shape index (κ3) is 6.59. The lowest BCUT2D eigenvalue weighted by Crippen LogP contribution is -1.89. The first-order chi connectivity index (χ1) is 6.22. The highest BCUT2D eigenvalue weighted by atomic mass is 32.3. The van der Waals surface area contributed by atoms with Gasteiger partial charge in [-0.1, -0.05) is 18.2 Å². The van der Waals surface area contributed by atoms with Gasteiger partial charge in [-0.05, 0) is 37.5 Å². The Hall–Kier alpha value is -0.910. The maximum absolute atomic E-state index is 8.74. The van der Waals surface area contributed by atoms with E-state index >= 15 is 0 Å². The Bertz CT molecular complexity index is 367. The van der Waals surface area contributed by atoms with Crippen molar-refractivity contribution in [2.24, 2.45) is 0 Å². The first kappa shape index (κ1) is 13.1. The molecule has 0 aliphatic carbocycles. The summed E-state index contributed by atoms with van der Waals surface area (Å²) in [4.78, 5) is 0. The van der Waals surface area contributed by atoms with E-state index in [1.165, 1.54) is 16.7 Å². The van der Waals surface area contributed by atoms with E-state index in [4.69, 9.17) is 17.5 Å². The summed E-state index contributed by atoms with van der Waals surface area (Å²) in [5.74, 6) is 0. The van der Waals surface area contributed by atoms with E-state index in [0.717, 1.165) is 0 Å². The van der Waals surface area contributed by atoms with Crippen LogP contribution in [0.5, 0.6) is 0 Å². The molecule has 2 N–H and O–H groups in total. The molecule has 5 heteroatoms. The molecule has 0 aliphatic rings. The van der Waals surface area contributed by atoms with Crippen LogP contribution in [0.1, 0.15) is 16.7 Å². The molecule has 0 atom stereocenters. The largest absolute Gasteiger partial charge is 0.394 e. The third-order valence-electron chi connectivity index (χ3n) is 1.88. The molecule has 4 nitrogen and oxygen atoms in total. The fourth-order valence-corrected chi connectivity index (χ4v) is 0.898. The van der Waals surface area contributed by atoms with Crippen LogP contribution < -0.4 is 0 Å². The van der Waals surface area contributed by atoms with Crippen molar-refractivity contribution in [3.05, 3.63) is 34.9 Å². The van der Waals surface area contributed by atoms with E-state index in [1.807, 2.05) is 0 Å². The summed E-state index contributed by atoms with van der Waals surface area (Å²) in [6.45, 7) is 6.44. The minimum Gasteiger partial charge on any atom is -0.264 e. The fourth-order valence-electron chi connectivity index (χ4n) is 0.898. The molecule has 80 valence electrons. The quantitative estimate of drug-likeness (QED) is 0.653. The molecule has 0 fully saturated rings. The maximum atomic E-state index is 8.74. The first-order valence-electron chi connectivity index (χ1n) is 3.94. The van der Waals surface area contributed by atoms with Gasteiger partial charge in [0, 0.05) is 0 Å². The second kappa shape index (κ2) is 5.09. The smallest absolute Gasteiger partial charge is 0.264 e. The Morgan fingerprint density at radius 2 is 1.29 bits per heavy atom. The van der Waals surface area contributed by atoms with Crippen molar-refractivity contribution in [2.45, 2.75) is 20.8 Å². The maximum Gasteiger partial charge on any atom is 0.394 e. The molecule has 1 aromatic carbocycles. The van der Waals surface area contributed by atoms with Crippen molar-refractivity contribution in [3.8, 4) is 0 Å². The highest BCUT2D eigenvalue weighted by molar-refractivity contribution is 7.79. The Morgan fingerprint density at radius 1 is 1.00 bits per heavy atom. The summed E-state index contributed by atoms with van der Waals surface area (Å²) >= 11 is 0. The average Bonchev–Trinajstić information content (AvgIpc) is 1.97. The van der Waals surface area contributed by atoms with Crippen LogP contribution in [0.2, 0.25) is 0 Å². The van der Waals surface area contributed by atoms with Gasteiger partial charge in [0.2, 0.25) is 0 Å². The van der Waals surface area contributed by atoms with Gasteiger partial charge in [0.1, 0.15) is 0 Å². The molecule has 1 rings (SSSR count). The number of hydrogen-bond donors (Lipinski definition) is 2. The average molecular weight is 218 g/mol. The number of rotatable bonds is 0. The second-order valence-electron chi connectivity index (χ2n) is 2.96. The molecule has 0 saturated heterocycles. The Morgan fingerprint density at radius 3 is 1.50 bits per heavy atom. The van der Waals surface area contributed by atoms with Crippen LogP contribution in [0.4, 0.5) is 0 Å². The van der Waals surface area contributed by atoms with E-state index in [1.54, 1.807) is 0 Å². The van der Waals surface area contributed by atoms with Crippen LogP contribution in [0.3, 0.4) is 0 Å². The standard InChI is InChI=1S/C9H12.H2O4S/c1-7-5-4-6-8(2)9(7)3;1-5(2,3)4/h4-6H,1-3H3;(H2,1,2,3,4). The molecular weight excluding hydrogens is 204 g/mol. The lowest BCUT2D eigenvalue weighted by atomic mass is 10.1. The van der Waals surface area contributed by atoms with E-state index in [9.17, 15) is 0 Å². The lowest BCUT2D eigenvalue weighted by Gasteiger charge is -2.00. The molecule has 0 spiro atoms. The van der Waals surface area contributed by atoms with Crippen molar-refractivity contribution in [1.29, 1.82) is 0 Å². The van der Waals surface area contributed by atoms with E-state index < -0.39 is 10.4 Å². The number of benzene rings is 1. The summed E-state index contributed by atoms with van der Waals surface area (Å²) in [5.41, 5.74) is 4.18. The SMILES string of the molecule is Cc1cccc(C)c1C.O=S(=O)(O)O. The molecule has 0 unspecified atom stereocenters. The molecule has 0 radical (unpaired) electrons. The highest BCUT2D eigenvalue weighted by Crippen LogP contribution is 2.09. The summed E-state index contributed by atoms with van der Waals surface area (Å²) < 4.78 is 31.6. The monoisotopic (exact) mass is 218 g/mol. The van der Waals surface area contributed by atoms with Gasteiger partial charge in [0.15, 0.2) is 0 Å². The molecule has 0 aromatic heterocycles. The predicted octanol–water partition coefficient (Wildman–Crippen LogP) is 1.96. The van der Waals surface area contributed by atoms with Crippen molar-refractivity contribution in [2.75, 3.05) is 0 Å².